The van der Waals surface area contributed by atoms with Crippen molar-refractivity contribution >= 4 is 23.5 Å². The van der Waals surface area contributed by atoms with E-state index in [0.717, 1.165) is 17.4 Å². The standard InChI is InChI=1S/C20H24FN5O4/c1-11(2)8-25-18-12(3-6-15(27)24-9-13(21)10-24)7-22-26(18)20(30)16(19(25)29)17(28)23-14-4-5-14/h3,6-7,11,13-14,30H,4-5,8-10H2,1-2H3,(H,23,28). The summed E-state index contributed by atoms with van der Waals surface area (Å²) in [6.07, 6.45) is 4.88. The molecule has 0 bridgehead atoms. The number of nitrogens with zero attached hydrogens (tertiary/aromatic N) is 4. The number of fused-ring (bicyclic) bond motifs is 1. The normalized spacial score (nSPS) is 17.1. The predicted octanol–water partition coefficient (Wildman–Crippen LogP) is 0.943. The number of aromatic hydroxyl groups is 1. The van der Waals surface area contributed by atoms with Gasteiger partial charge in [-0.15, -0.1) is 0 Å². The van der Waals surface area contributed by atoms with Crippen LogP contribution in [0.1, 0.15) is 42.6 Å². The van der Waals surface area contributed by atoms with Crippen molar-refractivity contribution in [2.24, 2.45) is 5.92 Å². The predicted molar refractivity (Wildman–Crippen MR) is 107 cm³/mol. The van der Waals surface area contributed by atoms with E-state index in [4.69, 9.17) is 0 Å². The van der Waals surface area contributed by atoms with Crippen LogP contribution in [0.15, 0.2) is 17.1 Å². The topological polar surface area (TPSA) is 109 Å². The van der Waals surface area contributed by atoms with Gasteiger partial charge in [0.15, 0.2) is 5.56 Å². The van der Waals surface area contributed by atoms with Gasteiger partial charge in [0.1, 0.15) is 11.8 Å². The van der Waals surface area contributed by atoms with Gasteiger partial charge in [-0.25, -0.2) is 4.39 Å². The summed E-state index contributed by atoms with van der Waals surface area (Å²) in [6, 6.07) is 0.0260. The van der Waals surface area contributed by atoms with E-state index < -0.39 is 23.5 Å². The Morgan fingerprint density at radius 2 is 2.07 bits per heavy atom. The lowest BCUT2D eigenvalue weighted by atomic mass is 10.1. The number of hydrogen-bond donors (Lipinski definition) is 2. The number of aromatic nitrogens is 3. The van der Waals surface area contributed by atoms with Crippen LogP contribution in [0.5, 0.6) is 5.88 Å². The Morgan fingerprint density at radius 1 is 1.37 bits per heavy atom. The molecular formula is C20H24FN5O4. The van der Waals surface area contributed by atoms with E-state index in [0.29, 0.717) is 12.1 Å². The van der Waals surface area contributed by atoms with E-state index in [1.54, 1.807) is 0 Å². The largest absolute Gasteiger partial charge is 0.492 e. The summed E-state index contributed by atoms with van der Waals surface area (Å²) in [7, 11) is 0. The van der Waals surface area contributed by atoms with Crippen molar-refractivity contribution in [3.8, 4) is 5.88 Å². The lowest BCUT2D eigenvalue weighted by Crippen LogP contribution is -2.50. The summed E-state index contributed by atoms with van der Waals surface area (Å²) in [5.74, 6) is -1.43. The second-order valence-electron chi connectivity index (χ2n) is 8.27. The van der Waals surface area contributed by atoms with Crippen molar-refractivity contribution < 1.29 is 19.1 Å². The molecule has 30 heavy (non-hydrogen) atoms. The van der Waals surface area contributed by atoms with E-state index >= 15 is 0 Å². The maximum absolute atomic E-state index is 13.1. The third-order valence-corrected chi connectivity index (χ3v) is 5.15. The molecule has 2 aromatic heterocycles. The lowest BCUT2D eigenvalue weighted by molar-refractivity contribution is -0.132. The van der Waals surface area contributed by atoms with Gasteiger partial charge in [0.05, 0.1) is 19.3 Å². The highest BCUT2D eigenvalue weighted by Crippen LogP contribution is 2.23. The molecule has 3 heterocycles. The van der Waals surface area contributed by atoms with E-state index in [1.807, 2.05) is 13.8 Å². The molecule has 0 radical (unpaired) electrons. The number of alkyl halides is 1. The molecule has 9 nitrogen and oxygen atoms in total. The van der Waals surface area contributed by atoms with Gasteiger partial charge in [0.2, 0.25) is 11.8 Å². The Kier molecular flexibility index (Phi) is 5.08. The van der Waals surface area contributed by atoms with Gasteiger partial charge in [0, 0.05) is 24.2 Å². The maximum atomic E-state index is 13.1. The second kappa shape index (κ2) is 7.58. The number of carbonyl (C=O) groups excluding carboxylic acids is 2. The van der Waals surface area contributed by atoms with Crippen molar-refractivity contribution in [2.75, 3.05) is 13.1 Å². The minimum Gasteiger partial charge on any atom is -0.492 e. The molecule has 2 amide bonds. The monoisotopic (exact) mass is 417 g/mol. The highest BCUT2D eigenvalue weighted by atomic mass is 19.1. The fourth-order valence-electron chi connectivity index (χ4n) is 3.42. The Hall–Kier alpha value is -3.17. The molecule has 10 heteroatoms. The van der Waals surface area contributed by atoms with E-state index in [9.17, 15) is 23.9 Å². The Morgan fingerprint density at radius 3 is 2.67 bits per heavy atom. The summed E-state index contributed by atoms with van der Waals surface area (Å²) < 4.78 is 15.5. The molecule has 2 aromatic rings. The van der Waals surface area contributed by atoms with Gasteiger partial charge in [0.25, 0.3) is 11.5 Å². The first kappa shape index (κ1) is 20.1. The minimum atomic E-state index is -0.993. The molecule has 1 saturated heterocycles. The summed E-state index contributed by atoms with van der Waals surface area (Å²) in [6.45, 7) is 4.27. The first-order valence-electron chi connectivity index (χ1n) is 10.0. The molecule has 0 unspecified atom stereocenters. The lowest BCUT2D eigenvalue weighted by Gasteiger charge is -2.33. The second-order valence-corrected chi connectivity index (χ2v) is 8.27. The zero-order valence-corrected chi connectivity index (χ0v) is 16.8. The van der Waals surface area contributed by atoms with Crippen LogP contribution in [0.2, 0.25) is 0 Å². The van der Waals surface area contributed by atoms with Crippen LogP contribution in [0, 0.1) is 5.92 Å². The fourth-order valence-corrected chi connectivity index (χ4v) is 3.42. The zero-order chi connectivity index (χ0) is 21.6. The molecule has 2 N–H and O–H groups in total. The van der Waals surface area contributed by atoms with E-state index in [2.05, 4.69) is 10.4 Å². The van der Waals surface area contributed by atoms with Gasteiger partial charge in [-0.05, 0) is 24.8 Å². The molecule has 0 aromatic carbocycles. The van der Waals surface area contributed by atoms with Crippen molar-refractivity contribution in [1.29, 1.82) is 0 Å². The van der Waals surface area contributed by atoms with Crippen molar-refractivity contribution in [3.05, 3.63) is 33.8 Å². The van der Waals surface area contributed by atoms with E-state index in [-0.39, 0.29) is 42.2 Å². The number of amides is 2. The number of halogens is 1. The Balaban J connectivity index is 1.77. The van der Waals surface area contributed by atoms with Crippen LogP contribution in [-0.2, 0) is 11.3 Å². The SMILES string of the molecule is CC(C)Cn1c(=O)c(C(=O)NC2CC2)c(O)n2ncc(C=CC(=O)N3CC(F)C3)c12. The zero-order valence-electron chi connectivity index (χ0n) is 16.8. The number of nitrogens with one attached hydrogen (secondary N) is 1. The Bertz CT molecular complexity index is 1090. The fraction of sp³-hybridized carbons (Fsp3) is 0.500. The quantitative estimate of drug-likeness (QED) is 0.680. The van der Waals surface area contributed by atoms with Crippen molar-refractivity contribution in [2.45, 2.75) is 45.4 Å². The smallest absolute Gasteiger partial charge is 0.270 e. The van der Waals surface area contributed by atoms with Crippen LogP contribution in [0.25, 0.3) is 11.7 Å². The molecule has 1 aliphatic heterocycles. The maximum Gasteiger partial charge on any atom is 0.270 e. The van der Waals surface area contributed by atoms with Gasteiger partial charge in [-0.2, -0.15) is 9.61 Å². The summed E-state index contributed by atoms with van der Waals surface area (Å²) in [5.41, 5.74) is -0.247. The van der Waals surface area contributed by atoms with Crippen LogP contribution in [0.3, 0.4) is 0 Å². The number of carbonyl (C=O) groups is 2. The summed E-state index contributed by atoms with van der Waals surface area (Å²) in [5, 5.41) is 17.5. The molecule has 1 aliphatic carbocycles. The third-order valence-electron chi connectivity index (χ3n) is 5.15. The van der Waals surface area contributed by atoms with Crippen LogP contribution in [0.4, 0.5) is 4.39 Å². The van der Waals surface area contributed by atoms with Gasteiger partial charge in [-0.3, -0.25) is 19.0 Å². The molecule has 0 atom stereocenters. The molecule has 0 spiro atoms. The molecule has 2 fully saturated rings. The highest BCUT2D eigenvalue weighted by molar-refractivity contribution is 5.97. The van der Waals surface area contributed by atoms with Gasteiger partial charge >= 0.3 is 0 Å². The molecule has 4 rings (SSSR count). The van der Waals surface area contributed by atoms with Crippen LogP contribution < -0.4 is 10.9 Å². The minimum absolute atomic E-state index is 0.0260. The van der Waals surface area contributed by atoms with Crippen LogP contribution in [-0.4, -0.2) is 61.3 Å². The number of hydrogen-bond acceptors (Lipinski definition) is 5. The molecular weight excluding hydrogens is 393 g/mol. The van der Waals surface area contributed by atoms with Gasteiger partial charge in [-0.1, -0.05) is 13.8 Å². The molecule has 2 aliphatic rings. The van der Waals surface area contributed by atoms with E-state index in [1.165, 1.54) is 27.8 Å². The molecule has 1 saturated carbocycles. The number of likely N-dealkylation sites (tertiary alicyclic amines) is 1. The molecule has 160 valence electrons. The first-order valence-corrected chi connectivity index (χ1v) is 10.0. The van der Waals surface area contributed by atoms with Crippen molar-refractivity contribution in [3.63, 3.8) is 0 Å². The average molecular weight is 417 g/mol. The summed E-state index contributed by atoms with van der Waals surface area (Å²) >= 11 is 0. The van der Waals surface area contributed by atoms with Gasteiger partial charge < -0.3 is 15.3 Å². The van der Waals surface area contributed by atoms with Crippen LogP contribution >= 0.6 is 0 Å². The average Bonchev–Trinajstić information content (AvgIpc) is 3.36. The van der Waals surface area contributed by atoms with Crippen molar-refractivity contribution in [1.82, 2.24) is 24.4 Å². The highest BCUT2D eigenvalue weighted by Gasteiger charge is 2.30. The number of rotatable bonds is 6. The first-order chi connectivity index (χ1) is 14.3. The summed E-state index contributed by atoms with van der Waals surface area (Å²) in [4.78, 5) is 39.2. The Labute approximate surface area is 171 Å². The third kappa shape index (κ3) is 3.69.